The van der Waals surface area contributed by atoms with Gasteiger partial charge in [0, 0.05) is 23.4 Å². The van der Waals surface area contributed by atoms with Crippen molar-refractivity contribution in [2.24, 2.45) is 0 Å². The van der Waals surface area contributed by atoms with E-state index >= 15 is 0 Å². The first-order chi connectivity index (χ1) is 11.9. The van der Waals surface area contributed by atoms with E-state index in [2.05, 4.69) is 20.3 Å². The van der Waals surface area contributed by atoms with Crippen molar-refractivity contribution in [3.8, 4) is 0 Å². The van der Waals surface area contributed by atoms with Gasteiger partial charge in [0.2, 0.25) is 5.91 Å². The minimum atomic E-state index is -0.479. The van der Waals surface area contributed by atoms with Gasteiger partial charge in [0.15, 0.2) is 5.16 Å². The minimum Gasteiger partial charge on any atom is -0.332 e. The number of aromatic amines is 1. The number of carbonyl (C=O) groups is 1. The summed E-state index contributed by atoms with van der Waals surface area (Å²) in [5, 5.41) is 14.5. The molecule has 3 aromatic rings. The number of fused-ring (bicyclic) bond motifs is 1. The fraction of sp³-hybridized carbons (Fsp3) is 0.133. The molecule has 3 rings (SSSR count). The van der Waals surface area contributed by atoms with E-state index in [1.54, 1.807) is 31.3 Å². The monoisotopic (exact) mass is 377 g/mol. The van der Waals surface area contributed by atoms with E-state index < -0.39 is 4.92 Å². The number of imidazole rings is 1. The number of benzene rings is 1. The molecule has 2 aromatic heterocycles. The summed E-state index contributed by atoms with van der Waals surface area (Å²) in [6, 6.07) is 6.19. The normalized spacial score (nSPS) is 10.8. The number of amides is 1. The predicted molar refractivity (Wildman–Crippen MR) is 96.1 cm³/mol. The van der Waals surface area contributed by atoms with Gasteiger partial charge in [0.1, 0.15) is 5.15 Å². The van der Waals surface area contributed by atoms with Crippen molar-refractivity contribution < 1.29 is 9.72 Å². The molecule has 8 nitrogen and oxygen atoms in total. The molecule has 25 heavy (non-hydrogen) atoms. The van der Waals surface area contributed by atoms with Crippen molar-refractivity contribution in [1.29, 1.82) is 0 Å². The number of pyridine rings is 1. The Balaban J connectivity index is 1.64. The highest BCUT2D eigenvalue weighted by molar-refractivity contribution is 7.99. The van der Waals surface area contributed by atoms with Crippen LogP contribution < -0.4 is 5.32 Å². The van der Waals surface area contributed by atoms with Crippen LogP contribution in [0.4, 0.5) is 11.4 Å². The zero-order valence-electron chi connectivity index (χ0n) is 12.9. The maximum absolute atomic E-state index is 12.0. The number of aromatic nitrogens is 3. The van der Waals surface area contributed by atoms with Gasteiger partial charge in [-0.15, -0.1) is 0 Å². The molecule has 0 radical (unpaired) electrons. The molecule has 0 aliphatic heterocycles. The number of aryl methyl sites for hydroxylation is 1. The van der Waals surface area contributed by atoms with Crippen molar-refractivity contribution in [2.45, 2.75) is 12.1 Å². The van der Waals surface area contributed by atoms with Crippen LogP contribution in [-0.2, 0) is 4.79 Å². The first kappa shape index (κ1) is 17.2. The molecule has 0 bridgehead atoms. The first-order valence-electron chi connectivity index (χ1n) is 7.11. The lowest BCUT2D eigenvalue weighted by atomic mass is 10.2. The Hall–Kier alpha value is -2.65. The number of hydrogen-bond donors (Lipinski definition) is 2. The second-order valence-electron chi connectivity index (χ2n) is 5.16. The Labute approximate surface area is 151 Å². The van der Waals surface area contributed by atoms with E-state index in [1.807, 2.05) is 0 Å². The second-order valence-corrected chi connectivity index (χ2v) is 6.51. The molecular formula is C15H12ClN5O3S. The van der Waals surface area contributed by atoms with Crippen LogP contribution in [0.5, 0.6) is 0 Å². The third-order valence-electron chi connectivity index (χ3n) is 3.34. The number of nitro benzene ring substituents is 1. The standard InChI is InChI=1S/C15H12ClN5O3S/c1-8-2-3-9(4-12(8)21(23)24)18-14(22)7-25-15-19-10-5-13(16)17-6-11(10)20-15/h2-6H,7H2,1H3,(H,18,22)(H,19,20). The van der Waals surface area contributed by atoms with Gasteiger partial charge in [0.25, 0.3) is 5.69 Å². The van der Waals surface area contributed by atoms with Crippen molar-refractivity contribution in [3.05, 3.63) is 51.3 Å². The summed E-state index contributed by atoms with van der Waals surface area (Å²) in [5.74, 6) is -0.192. The van der Waals surface area contributed by atoms with Gasteiger partial charge in [-0.1, -0.05) is 29.4 Å². The topological polar surface area (TPSA) is 114 Å². The average Bonchev–Trinajstić information content (AvgIpc) is 2.96. The van der Waals surface area contributed by atoms with Crippen molar-refractivity contribution in [1.82, 2.24) is 15.0 Å². The third kappa shape index (κ3) is 4.06. The molecule has 0 spiro atoms. The second kappa shape index (κ2) is 7.08. The molecule has 10 heteroatoms. The number of thioether (sulfide) groups is 1. The summed E-state index contributed by atoms with van der Waals surface area (Å²) in [6.07, 6.45) is 1.57. The maximum atomic E-state index is 12.0. The van der Waals surface area contributed by atoms with E-state index in [0.29, 0.717) is 27.1 Å². The third-order valence-corrected chi connectivity index (χ3v) is 4.42. The van der Waals surface area contributed by atoms with E-state index in [0.717, 1.165) is 5.52 Å². The van der Waals surface area contributed by atoms with Crippen LogP contribution in [0.15, 0.2) is 35.6 Å². The number of nitrogens with one attached hydrogen (secondary N) is 2. The Morgan fingerprint density at radius 3 is 3.00 bits per heavy atom. The first-order valence-corrected chi connectivity index (χ1v) is 8.47. The smallest absolute Gasteiger partial charge is 0.274 e. The highest BCUT2D eigenvalue weighted by atomic mass is 35.5. The molecule has 0 saturated heterocycles. The quantitative estimate of drug-likeness (QED) is 0.304. The van der Waals surface area contributed by atoms with Crippen LogP contribution in [0.25, 0.3) is 11.0 Å². The number of anilines is 1. The van der Waals surface area contributed by atoms with Gasteiger partial charge < -0.3 is 10.3 Å². The zero-order valence-corrected chi connectivity index (χ0v) is 14.5. The molecule has 0 saturated carbocycles. The SMILES string of the molecule is Cc1ccc(NC(=O)CSc2nc3cc(Cl)ncc3[nH]2)cc1[N+](=O)[O-]. The zero-order chi connectivity index (χ0) is 18.0. The predicted octanol–water partition coefficient (Wildman–Crippen LogP) is 3.56. The largest absolute Gasteiger partial charge is 0.332 e. The van der Waals surface area contributed by atoms with Crippen molar-refractivity contribution >= 4 is 51.7 Å². The van der Waals surface area contributed by atoms with E-state index in [4.69, 9.17) is 11.6 Å². The molecule has 1 aromatic carbocycles. The fourth-order valence-corrected chi connectivity index (χ4v) is 2.98. The molecule has 0 atom stereocenters. The number of nitro groups is 1. The van der Waals surface area contributed by atoms with Gasteiger partial charge in [-0.2, -0.15) is 0 Å². The van der Waals surface area contributed by atoms with E-state index in [1.165, 1.54) is 17.8 Å². The molecule has 0 fully saturated rings. The van der Waals surface area contributed by atoms with Crippen LogP contribution in [0.3, 0.4) is 0 Å². The van der Waals surface area contributed by atoms with Crippen molar-refractivity contribution in [3.63, 3.8) is 0 Å². The summed E-state index contributed by atoms with van der Waals surface area (Å²) >= 11 is 7.02. The van der Waals surface area contributed by atoms with Crippen LogP contribution >= 0.6 is 23.4 Å². The number of rotatable bonds is 5. The van der Waals surface area contributed by atoms with Crippen LogP contribution in [0, 0.1) is 17.0 Å². The number of H-pyrrole nitrogens is 1. The van der Waals surface area contributed by atoms with E-state index in [-0.39, 0.29) is 17.3 Å². The molecule has 0 unspecified atom stereocenters. The van der Waals surface area contributed by atoms with Gasteiger partial charge >= 0.3 is 0 Å². The van der Waals surface area contributed by atoms with Crippen LogP contribution in [0.2, 0.25) is 5.15 Å². The molecule has 1 amide bonds. The van der Waals surface area contributed by atoms with Gasteiger partial charge in [-0.25, -0.2) is 9.97 Å². The fourth-order valence-electron chi connectivity index (χ4n) is 2.14. The molecule has 0 aliphatic carbocycles. The Bertz CT molecular complexity index is 975. The molecular weight excluding hydrogens is 366 g/mol. The summed E-state index contributed by atoms with van der Waals surface area (Å²) in [4.78, 5) is 33.8. The van der Waals surface area contributed by atoms with Gasteiger partial charge in [0.05, 0.1) is 27.9 Å². The maximum Gasteiger partial charge on any atom is 0.274 e. The Kier molecular flexibility index (Phi) is 4.86. The highest BCUT2D eigenvalue weighted by Gasteiger charge is 2.13. The molecule has 2 N–H and O–H groups in total. The Morgan fingerprint density at radius 2 is 2.24 bits per heavy atom. The highest BCUT2D eigenvalue weighted by Crippen LogP contribution is 2.23. The number of nitrogens with zero attached hydrogens (tertiary/aromatic N) is 3. The van der Waals surface area contributed by atoms with Crippen molar-refractivity contribution in [2.75, 3.05) is 11.1 Å². The lowest BCUT2D eigenvalue weighted by molar-refractivity contribution is -0.385. The minimum absolute atomic E-state index is 0.0351. The molecule has 2 heterocycles. The number of halogens is 1. The van der Waals surface area contributed by atoms with E-state index in [9.17, 15) is 14.9 Å². The lowest BCUT2D eigenvalue weighted by Gasteiger charge is -2.05. The summed E-state index contributed by atoms with van der Waals surface area (Å²) < 4.78 is 0. The summed E-state index contributed by atoms with van der Waals surface area (Å²) in [5.41, 5.74) is 2.26. The summed E-state index contributed by atoms with van der Waals surface area (Å²) in [6.45, 7) is 1.64. The number of carbonyl (C=O) groups excluding carboxylic acids is 1. The average molecular weight is 378 g/mol. The number of hydrogen-bond acceptors (Lipinski definition) is 6. The lowest BCUT2D eigenvalue weighted by Crippen LogP contribution is -2.14. The Morgan fingerprint density at radius 1 is 1.44 bits per heavy atom. The molecule has 128 valence electrons. The van der Waals surface area contributed by atoms with Gasteiger partial charge in [-0.3, -0.25) is 14.9 Å². The van der Waals surface area contributed by atoms with Crippen LogP contribution in [0.1, 0.15) is 5.56 Å². The van der Waals surface area contributed by atoms with Gasteiger partial charge in [-0.05, 0) is 13.0 Å². The summed E-state index contributed by atoms with van der Waals surface area (Å²) in [7, 11) is 0. The molecule has 0 aliphatic rings. The van der Waals surface area contributed by atoms with Crippen LogP contribution in [-0.4, -0.2) is 31.5 Å².